The van der Waals surface area contributed by atoms with E-state index in [9.17, 15) is 0 Å². The second-order valence-corrected chi connectivity index (χ2v) is 7.36. The summed E-state index contributed by atoms with van der Waals surface area (Å²) in [5, 5.41) is 0. The van der Waals surface area contributed by atoms with E-state index in [1.165, 1.54) is 0 Å². The van der Waals surface area contributed by atoms with Crippen molar-refractivity contribution in [1.29, 1.82) is 0 Å². The summed E-state index contributed by atoms with van der Waals surface area (Å²) in [7, 11) is 1.78. The Balaban J connectivity index is 1.44. The fraction of sp³-hybridized carbons (Fsp3) is 0.375. The Labute approximate surface area is 172 Å². The van der Waals surface area contributed by atoms with Gasteiger partial charge in [0.2, 0.25) is 0 Å². The second-order valence-electron chi connectivity index (χ2n) is 7.36. The smallest absolute Gasteiger partial charge is 0.120 e. The normalized spacial score (nSPS) is 15.9. The monoisotopic (exact) mass is 392 g/mol. The number of nitrogens with zero attached hydrogens (tertiary/aromatic N) is 2. The average Bonchev–Trinajstić information content (AvgIpc) is 3.27. The Bertz CT molecular complexity index is 927. The highest BCUT2D eigenvalue weighted by Crippen LogP contribution is 2.36. The summed E-state index contributed by atoms with van der Waals surface area (Å²) in [5.74, 6) is 1.92. The molecule has 0 N–H and O–H groups in total. The molecule has 0 radical (unpaired) electrons. The van der Waals surface area contributed by atoms with Gasteiger partial charge in [0.05, 0.1) is 5.60 Å². The minimum absolute atomic E-state index is 0.277. The number of imidazole rings is 1. The lowest BCUT2D eigenvalue weighted by atomic mass is 9.86. The first kappa shape index (κ1) is 19.7. The molecule has 2 heterocycles. The Morgan fingerprint density at radius 1 is 1.10 bits per heavy atom. The Morgan fingerprint density at radius 2 is 1.90 bits per heavy atom. The fourth-order valence-electron chi connectivity index (χ4n) is 3.93. The van der Waals surface area contributed by atoms with Crippen molar-refractivity contribution in [1.82, 2.24) is 9.55 Å². The number of aromatic nitrogens is 2. The minimum Gasteiger partial charge on any atom is -0.489 e. The molecular weight excluding hydrogens is 364 g/mol. The summed E-state index contributed by atoms with van der Waals surface area (Å²) in [6.45, 7) is 4.09. The van der Waals surface area contributed by atoms with Gasteiger partial charge < -0.3 is 18.8 Å². The number of hydrogen-bond acceptors (Lipinski definition) is 4. The molecule has 1 aliphatic rings. The predicted molar refractivity (Wildman–Crippen MR) is 112 cm³/mol. The molecule has 5 nitrogen and oxygen atoms in total. The number of ether oxygens (including phenoxy) is 3. The third-order valence-corrected chi connectivity index (χ3v) is 5.70. The quantitative estimate of drug-likeness (QED) is 0.586. The molecule has 0 amide bonds. The van der Waals surface area contributed by atoms with Crippen molar-refractivity contribution in [3.8, 4) is 11.4 Å². The van der Waals surface area contributed by atoms with Gasteiger partial charge >= 0.3 is 0 Å². The summed E-state index contributed by atoms with van der Waals surface area (Å²) >= 11 is 0. The van der Waals surface area contributed by atoms with Crippen LogP contribution in [0.2, 0.25) is 0 Å². The first-order valence-corrected chi connectivity index (χ1v) is 10.2. The maximum absolute atomic E-state index is 6.08. The largest absolute Gasteiger partial charge is 0.489 e. The molecule has 1 aromatic heterocycles. The van der Waals surface area contributed by atoms with Gasteiger partial charge in [-0.05, 0) is 35.4 Å². The van der Waals surface area contributed by atoms with Crippen LogP contribution >= 0.6 is 0 Å². The number of methoxy groups -OCH3 is 1. The zero-order valence-electron chi connectivity index (χ0n) is 17.1. The molecule has 1 aliphatic heterocycles. The van der Waals surface area contributed by atoms with Crippen LogP contribution in [-0.4, -0.2) is 29.9 Å². The second kappa shape index (κ2) is 8.80. The predicted octanol–water partition coefficient (Wildman–Crippen LogP) is 4.67. The maximum Gasteiger partial charge on any atom is 0.120 e. The van der Waals surface area contributed by atoms with Crippen LogP contribution in [-0.2, 0) is 28.1 Å². The zero-order valence-corrected chi connectivity index (χ0v) is 17.1. The molecule has 4 rings (SSSR count). The Kier molecular flexibility index (Phi) is 5.97. The van der Waals surface area contributed by atoms with Gasteiger partial charge in [0.15, 0.2) is 0 Å². The van der Waals surface area contributed by atoms with E-state index < -0.39 is 0 Å². The van der Waals surface area contributed by atoms with Crippen LogP contribution in [0.5, 0.6) is 5.75 Å². The summed E-state index contributed by atoms with van der Waals surface area (Å²) in [6.07, 6.45) is 6.47. The van der Waals surface area contributed by atoms with E-state index in [1.807, 2.05) is 24.5 Å². The maximum atomic E-state index is 6.08. The van der Waals surface area contributed by atoms with Crippen LogP contribution in [0.25, 0.3) is 5.69 Å². The van der Waals surface area contributed by atoms with Crippen LogP contribution in [0.4, 0.5) is 0 Å². The molecule has 152 valence electrons. The highest BCUT2D eigenvalue weighted by atomic mass is 16.5. The molecule has 0 saturated carbocycles. The summed E-state index contributed by atoms with van der Waals surface area (Å²) in [6, 6.07) is 16.7. The number of aryl methyl sites for hydroxylation is 1. The molecule has 0 aliphatic carbocycles. The molecule has 0 bridgehead atoms. The molecule has 29 heavy (non-hydrogen) atoms. The SMILES string of the molecule is CCc1nccn1-c1ccc(COc2cccc(C3(OC)CCOCC3)c2)cc1. The standard InChI is InChI=1S/C24H28N2O3/c1-3-23-25-13-14-26(23)21-9-7-19(8-10-21)18-29-22-6-4-5-20(17-22)24(27-2)11-15-28-16-12-24/h4-10,13-14,17H,3,11-12,15-16,18H2,1-2H3. The fourth-order valence-corrected chi connectivity index (χ4v) is 3.93. The molecule has 2 aromatic carbocycles. The molecule has 5 heteroatoms. The highest BCUT2D eigenvalue weighted by molar-refractivity contribution is 5.37. The van der Waals surface area contributed by atoms with Gasteiger partial charge in [-0.25, -0.2) is 4.98 Å². The van der Waals surface area contributed by atoms with Crippen LogP contribution in [0.15, 0.2) is 60.9 Å². The van der Waals surface area contributed by atoms with Gasteiger partial charge in [0, 0.05) is 57.7 Å². The van der Waals surface area contributed by atoms with Gasteiger partial charge in [-0.15, -0.1) is 0 Å². The molecule has 1 saturated heterocycles. The van der Waals surface area contributed by atoms with Crippen molar-refractivity contribution in [2.45, 2.75) is 38.4 Å². The van der Waals surface area contributed by atoms with E-state index >= 15 is 0 Å². The van der Waals surface area contributed by atoms with Crippen molar-refractivity contribution < 1.29 is 14.2 Å². The van der Waals surface area contributed by atoms with Crippen molar-refractivity contribution in [2.75, 3.05) is 20.3 Å². The highest BCUT2D eigenvalue weighted by Gasteiger charge is 2.34. The first-order valence-electron chi connectivity index (χ1n) is 10.2. The van der Waals surface area contributed by atoms with E-state index in [0.29, 0.717) is 6.61 Å². The molecule has 3 aromatic rings. The van der Waals surface area contributed by atoms with Crippen LogP contribution < -0.4 is 4.74 Å². The van der Waals surface area contributed by atoms with Crippen LogP contribution in [0.1, 0.15) is 36.7 Å². The molecule has 0 spiro atoms. The van der Waals surface area contributed by atoms with Crippen LogP contribution in [0.3, 0.4) is 0 Å². The third-order valence-electron chi connectivity index (χ3n) is 5.70. The lowest BCUT2D eigenvalue weighted by Crippen LogP contribution is -2.35. The number of benzene rings is 2. The average molecular weight is 392 g/mol. The molecule has 0 unspecified atom stereocenters. The van der Waals surface area contributed by atoms with Gasteiger partial charge in [-0.3, -0.25) is 0 Å². The van der Waals surface area contributed by atoms with Gasteiger partial charge in [-0.1, -0.05) is 31.2 Å². The summed E-state index contributed by atoms with van der Waals surface area (Å²) in [5.41, 5.74) is 3.13. The van der Waals surface area contributed by atoms with E-state index in [2.05, 4.69) is 52.9 Å². The van der Waals surface area contributed by atoms with E-state index in [4.69, 9.17) is 14.2 Å². The summed E-state index contributed by atoms with van der Waals surface area (Å²) in [4.78, 5) is 4.39. The first-order chi connectivity index (χ1) is 14.2. The lowest BCUT2D eigenvalue weighted by molar-refractivity contribution is -0.0948. The van der Waals surface area contributed by atoms with Crippen LogP contribution in [0, 0.1) is 0 Å². The van der Waals surface area contributed by atoms with Gasteiger partial charge in [0.1, 0.15) is 18.2 Å². The van der Waals surface area contributed by atoms with Crippen molar-refractivity contribution in [2.24, 2.45) is 0 Å². The molecule has 0 atom stereocenters. The van der Waals surface area contributed by atoms with Crippen molar-refractivity contribution in [3.05, 3.63) is 77.9 Å². The Hall–Kier alpha value is -2.63. The molecule has 1 fully saturated rings. The van der Waals surface area contributed by atoms with Gasteiger partial charge in [0.25, 0.3) is 0 Å². The van der Waals surface area contributed by atoms with Crippen molar-refractivity contribution >= 4 is 0 Å². The lowest BCUT2D eigenvalue weighted by Gasteiger charge is -2.36. The topological polar surface area (TPSA) is 45.5 Å². The number of rotatable bonds is 7. The van der Waals surface area contributed by atoms with E-state index in [0.717, 1.165) is 60.9 Å². The van der Waals surface area contributed by atoms with Gasteiger partial charge in [-0.2, -0.15) is 0 Å². The third kappa shape index (κ3) is 4.21. The van der Waals surface area contributed by atoms with E-state index in [-0.39, 0.29) is 5.60 Å². The van der Waals surface area contributed by atoms with Crippen molar-refractivity contribution in [3.63, 3.8) is 0 Å². The summed E-state index contributed by atoms with van der Waals surface area (Å²) < 4.78 is 19.6. The Morgan fingerprint density at radius 3 is 2.62 bits per heavy atom. The minimum atomic E-state index is -0.277. The number of hydrogen-bond donors (Lipinski definition) is 0. The molecular formula is C24H28N2O3. The van der Waals surface area contributed by atoms with E-state index in [1.54, 1.807) is 7.11 Å². The zero-order chi connectivity index (χ0) is 20.1.